The third-order valence-electron chi connectivity index (χ3n) is 3.46. The van der Waals surface area contributed by atoms with Crippen molar-refractivity contribution in [1.82, 2.24) is 14.6 Å². The molecule has 7 heteroatoms. The monoisotopic (exact) mass is 373 g/mol. The fraction of sp³-hybridized carbons (Fsp3) is 0. The maximum absolute atomic E-state index is 12.5. The Hall–Kier alpha value is -2.21. The fourth-order valence-corrected chi connectivity index (χ4v) is 3.55. The van der Waals surface area contributed by atoms with Crippen LogP contribution in [0.4, 0.5) is 0 Å². The number of nitrogens with zero attached hydrogens (tertiary/aromatic N) is 3. The molecule has 0 aliphatic heterocycles. The van der Waals surface area contributed by atoms with Crippen LogP contribution in [0.25, 0.3) is 22.4 Å². The summed E-state index contributed by atoms with van der Waals surface area (Å²) in [7, 11) is 0. The van der Waals surface area contributed by atoms with Crippen molar-refractivity contribution >= 4 is 45.6 Å². The molecule has 118 valence electrons. The van der Waals surface area contributed by atoms with Gasteiger partial charge in [-0.15, -0.1) is 5.10 Å². The molecule has 0 N–H and O–H groups in total. The lowest BCUT2D eigenvalue weighted by Gasteiger charge is -1.96. The van der Waals surface area contributed by atoms with Crippen LogP contribution in [0.5, 0.6) is 0 Å². The predicted molar refractivity (Wildman–Crippen MR) is 97.8 cm³/mol. The van der Waals surface area contributed by atoms with Gasteiger partial charge in [-0.2, -0.15) is 9.50 Å². The summed E-state index contributed by atoms with van der Waals surface area (Å²) in [5, 5.41) is 5.50. The number of thiazole rings is 1. The summed E-state index contributed by atoms with van der Waals surface area (Å²) in [6.07, 6.45) is 1.80. The standard InChI is InChI=1S/C17H9Cl2N3OS/c18-11-7-5-10(6-8-11)9-14-16(23)22-17(24-14)20-15(21-22)12-3-1-2-4-13(12)19/h1-9H/b14-9+. The molecule has 4 aromatic rings. The number of aromatic nitrogens is 3. The first kappa shape index (κ1) is 15.3. The smallest absolute Gasteiger partial charge is 0.266 e. The second-order valence-corrected chi connectivity index (χ2v) is 6.93. The third-order valence-corrected chi connectivity index (χ3v) is 5.01. The van der Waals surface area contributed by atoms with Gasteiger partial charge >= 0.3 is 0 Å². The highest BCUT2D eigenvalue weighted by Gasteiger charge is 2.13. The van der Waals surface area contributed by atoms with Crippen molar-refractivity contribution in [2.45, 2.75) is 0 Å². The van der Waals surface area contributed by atoms with Gasteiger partial charge in [0.1, 0.15) is 0 Å². The number of hydrogen-bond acceptors (Lipinski definition) is 4. The molecule has 0 saturated heterocycles. The van der Waals surface area contributed by atoms with Crippen LogP contribution in [0.15, 0.2) is 53.3 Å². The molecule has 0 aliphatic rings. The van der Waals surface area contributed by atoms with Crippen LogP contribution in [0, 0.1) is 0 Å². The minimum atomic E-state index is -0.198. The minimum Gasteiger partial charge on any atom is -0.266 e. The first-order valence-electron chi connectivity index (χ1n) is 7.03. The van der Waals surface area contributed by atoms with Crippen molar-refractivity contribution in [2.24, 2.45) is 0 Å². The van der Waals surface area contributed by atoms with Crippen molar-refractivity contribution in [3.8, 4) is 11.4 Å². The lowest BCUT2D eigenvalue weighted by molar-refractivity contribution is 0.937. The van der Waals surface area contributed by atoms with Gasteiger partial charge in [-0.1, -0.05) is 58.8 Å². The van der Waals surface area contributed by atoms with Gasteiger partial charge in [-0.05, 0) is 35.9 Å². The molecule has 24 heavy (non-hydrogen) atoms. The molecular formula is C17H9Cl2N3OS. The first-order chi connectivity index (χ1) is 11.6. The van der Waals surface area contributed by atoms with Crippen molar-refractivity contribution in [2.75, 3.05) is 0 Å². The van der Waals surface area contributed by atoms with E-state index in [9.17, 15) is 4.79 Å². The van der Waals surface area contributed by atoms with Gasteiger partial charge in [0, 0.05) is 10.6 Å². The topological polar surface area (TPSA) is 47.3 Å². The van der Waals surface area contributed by atoms with Crippen LogP contribution in [-0.2, 0) is 0 Å². The molecule has 0 radical (unpaired) electrons. The second kappa shape index (κ2) is 6.02. The van der Waals surface area contributed by atoms with Gasteiger partial charge in [0.05, 0.1) is 9.55 Å². The van der Waals surface area contributed by atoms with E-state index in [-0.39, 0.29) is 5.56 Å². The Balaban J connectivity index is 1.83. The molecule has 2 aromatic carbocycles. The number of benzene rings is 2. The Morgan fingerprint density at radius 2 is 1.79 bits per heavy atom. The zero-order valence-corrected chi connectivity index (χ0v) is 14.4. The van der Waals surface area contributed by atoms with E-state index >= 15 is 0 Å². The maximum atomic E-state index is 12.5. The van der Waals surface area contributed by atoms with Gasteiger partial charge in [-0.3, -0.25) is 4.79 Å². The number of halogens is 2. The van der Waals surface area contributed by atoms with Crippen LogP contribution in [0.1, 0.15) is 5.56 Å². The summed E-state index contributed by atoms with van der Waals surface area (Å²) in [5.41, 5.74) is 1.40. The number of hydrogen-bond donors (Lipinski definition) is 0. The van der Waals surface area contributed by atoms with E-state index in [0.29, 0.717) is 30.9 Å². The van der Waals surface area contributed by atoms with Gasteiger partial charge in [-0.25, -0.2) is 0 Å². The van der Waals surface area contributed by atoms with E-state index < -0.39 is 0 Å². The third kappa shape index (κ3) is 2.71. The molecule has 0 spiro atoms. The minimum absolute atomic E-state index is 0.198. The molecule has 0 amide bonds. The van der Waals surface area contributed by atoms with E-state index in [1.807, 2.05) is 30.3 Å². The Kier molecular flexibility index (Phi) is 3.84. The van der Waals surface area contributed by atoms with Crippen LogP contribution < -0.4 is 10.1 Å². The van der Waals surface area contributed by atoms with Crippen molar-refractivity contribution < 1.29 is 0 Å². The summed E-state index contributed by atoms with van der Waals surface area (Å²) in [6, 6.07) is 14.6. The SMILES string of the molecule is O=c1/c(=C\c2ccc(Cl)cc2)sc2nc(-c3ccccc3Cl)nn12. The predicted octanol–water partition coefficient (Wildman–Crippen LogP) is 3.67. The van der Waals surface area contributed by atoms with E-state index in [2.05, 4.69) is 10.1 Å². The largest absolute Gasteiger partial charge is 0.291 e. The second-order valence-electron chi connectivity index (χ2n) is 5.08. The molecule has 2 heterocycles. The molecule has 0 bridgehead atoms. The van der Waals surface area contributed by atoms with Crippen molar-refractivity contribution in [3.63, 3.8) is 0 Å². The van der Waals surface area contributed by atoms with E-state index in [1.54, 1.807) is 24.3 Å². The van der Waals surface area contributed by atoms with Crippen LogP contribution >= 0.6 is 34.5 Å². The quantitative estimate of drug-likeness (QED) is 0.538. The van der Waals surface area contributed by atoms with Gasteiger partial charge in [0.15, 0.2) is 5.82 Å². The van der Waals surface area contributed by atoms with Crippen molar-refractivity contribution in [3.05, 3.63) is 79.0 Å². The van der Waals surface area contributed by atoms with Gasteiger partial charge in [0.2, 0.25) is 4.96 Å². The molecule has 4 rings (SSSR count). The van der Waals surface area contributed by atoms with Gasteiger partial charge in [0.25, 0.3) is 5.56 Å². The molecule has 4 nitrogen and oxygen atoms in total. The molecule has 0 atom stereocenters. The maximum Gasteiger partial charge on any atom is 0.291 e. The average Bonchev–Trinajstić information content (AvgIpc) is 3.10. The average molecular weight is 374 g/mol. The highest BCUT2D eigenvalue weighted by Crippen LogP contribution is 2.25. The molecule has 2 aromatic heterocycles. The Labute approximate surface area is 150 Å². The zero-order chi connectivity index (χ0) is 16.7. The molecule has 0 aliphatic carbocycles. The molecule has 0 fully saturated rings. The first-order valence-corrected chi connectivity index (χ1v) is 8.61. The van der Waals surface area contributed by atoms with Gasteiger partial charge < -0.3 is 0 Å². The van der Waals surface area contributed by atoms with Crippen LogP contribution in [0.3, 0.4) is 0 Å². The normalized spacial score (nSPS) is 12.2. The number of rotatable bonds is 2. The van der Waals surface area contributed by atoms with Crippen molar-refractivity contribution in [1.29, 1.82) is 0 Å². The molecule has 0 unspecified atom stereocenters. The summed E-state index contributed by atoms with van der Waals surface area (Å²) in [4.78, 5) is 17.5. The summed E-state index contributed by atoms with van der Waals surface area (Å²) < 4.78 is 1.88. The Morgan fingerprint density at radius 1 is 1.04 bits per heavy atom. The summed E-state index contributed by atoms with van der Waals surface area (Å²) in [6.45, 7) is 0. The number of fused-ring (bicyclic) bond motifs is 1. The fourth-order valence-electron chi connectivity index (χ4n) is 2.30. The summed E-state index contributed by atoms with van der Waals surface area (Å²) in [5.74, 6) is 0.446. The van der Waals surface area contributed by atoms with E-state index in [0.717, 1.165) is 5.56 Å². The highest BCUT2D eigenvalue weighted by molar-refractivity contribution is 7.15. The van der Waals surface area contributed by atoms with Crippen LogP contribution in [-0.4, -0.2) is 14.6 Å². The molecule has 0 saturated carbocycles. The molecular weight excluding hydrogens is 365 g/mol. The van der Waals surface area contributed by atoms with E-state index in [4.69, 9.17) is 23.2 Å². The van der Waals surface area contributed by atoms with Crippen LogP contribution in [0.2, 0.25) is 10.0 Å². The Morgan fingerprint density at radius 3 is 2.50 bits per heavy atom. The lowest BCUT2D eigenvalue weighted by Crippen LogP contribution is -2.23. The summed E-state index contributed by atoms with van der Waals surface area (Å²) >= 11 is 13.3. The zero-order valence-electron chi connectivity index (χ0n) is 12.1. The highest BCUT2D eigenvalue weighted by atomic mass is 35.5. The Bertz CT molecular complexity index is 1150. The lowest BCUT2D eigenvalue weighted by atomic mass is 10.2. The van der Waals surface area contributed by atoms with E-state index in [1.165, 1.54) is 15.9 Å².